The van der Waals surface area contributed by atoms with Gasteiger partial charge >= 0.3 is 0 Å². The maximum absolute atomic E-state index is 11.0. The molecule has 0 unspecified atom stereocenters. The Hall–Kier alpha value is -1.57. The number of allylic oxidation sites excluding steroid dienone is 1. The van der Waals surface area contributed by atoms with Gasteiger partial charge in [0, 0.05) is 0 Å². The van der Waals surface area contributed by atoms with Crippen LogP contribution in [0.25, 0.3) is 0 Å². The lowest BCUT2D eigenvalue weighted by molar-refractivity contribution is 0.101. The van der Waals surface area contributed by atoms with E-state index in [-0.39, 0.29) is 11.5 Å². The van der Waals surface area contributed by atoms with Crippen LogP contribution in [0.1, 0.15) is 22.8 Å². The molecule has 0 aliphatic carbocycles. The molecule has 0 saturated heterocycles. The summed E-state index contributed by atoms with van der Waals surface area (Å²) in [6.07, 6.45) is 2.47. The largest absolute Gasteiger partial charge is 0.507 e. The van der Waals surface area contributed by atoms with E-state index in [4.69, 9.17) is 0 Å². The lowest BCUT2D eigenvalue weighted by Gasteiger charge is -2.02. The van der Waals surface area contributed by atoms with Crippen LogP contribution in [0.2, 0.25) is 0 Å². The molecule has 0 saturated carbocycles. The first-order valence-corrected chi connectivity index (χ1v) is 4.09. The predicted octanol–water partition coefficient (Wildman–Crippen LogP) is 2.32. The van der Waals surface area contributed by atoms with Crippen molar-refractivity contribution in [2.75, 3.05) is 0 Å². The van der Waals surface area contributed by atoms with Crippen molar-refractivity contribution >= 4 is 5.78 Å². The van der Waals surface area contributed by atoms with Gasteiger partial charge in [-0.15, -0.1) is 6.58 Å². The molecule has 0 fully saturated rings. The van der Waals surface area contributed by atoms with Gasteiger partial charge in [0.15, 0.2) is 5.78 Å². The Kier molecular flexibility index (Phi) is 2.85. The number of phenolic OH excluding ortho intramolecular Hbond substituents is 1. The lowest BCUT2D eigenvalue weighted by atomic mass is 10.0. The maximum Gasteiger partial charge on any atom is 0.163 e. The molecule has 0 heterocycles. The monoisotopic (exact) mass is 176 g/mol. The third-order valence-electron chi connectivity index (χ3n) is 1.82. The number of Topliss-reactive ketones (excluding diaryl/α,β-unsaturated/α-hetero) is 1. The zero-order chi connectivity index (χ0) is 9.84. The summed E-state index contributed by atoms with van der Waals surface area (Å²) in [6.45, 7) is 5.04. The van der Waals surface area contributed by atoms with E-state index >= 15 is 0 Å². The molecule has 2 nitrogen and oxygen atoms in total. The van der Waals surface area contributed by atoms with Gasteiger partial charge in [0.1, 0.15) is 5.75 Å². The smallest absolute Gasteiger partial charge is 0.163 e. The van der Waals surface area contributed by atoms with Crippen molar-refractivity contribution in [3.8, 4) is 5.75 Å². The zero-order valence-corrected chi connectivity index (χ0v) is 7.58. The predicted molar refractivity (Wildman–Crippen MR) is 52.0 cm³/mol. The number of carbonyl (C=O) groups excluding carboxylic acids is 1. The average Bonchev–Trinajstić information content (AvgIpc) is 2.08. The highest BCUT2D eigenvalue weighted by atomic mass is 16.3. The van der Waals surface area contributed by atoms with Crippen LogP contribution in [0, 0.1) is 0 Å². The highest BCUT2D eigenvalue weighted by Crippen LogP contribution is 2.19. The minimum absolute atomic E-state index is 0.0420. The molecule has 0 bridgehead atoms. The van der Waals surface area contributed by atoms with Crippen LogP contribution in [0.3, 0.4) is 0 Å². The molecule has 68 valence electrons. The molecule has 0 atom stereocenters. The van der Waals surface area contributed by atoms with E-state index in [2.05, 4.69) is 6.58 Å². The van der Waals surface area contributed by atoms with Crippen molar-refractivity contribution in [3.63, 3.8) is 0 Å². The third-order valence-corrected chi connectivity index (χ3v) is 1.82. The van der Waals surface area contributed by atoms with Crippen molar-refractivity contribution in [1.82, 2.24) is 0 Å². The summed E-state index contributed by atoms with van der Waals surface area (Å²) in [6, 6.07) is 5.01. The topological polar surface area (TPSA) is 37.3 Å². The standard InChI is InChI=1S/C11H12O2/c1-3-4-9-5-6-11(13)10(7-9)8(2)12/h3,5-7,13H,1,4H2,2H3. The number of hydrogen-bond acceptors (Lipinski definition) is 2. The first-order valence-electron chi connectivity index (χ1n) is 4.09. The fourth-order valence-corrected chi connectivity index (χ4v) is 1.16. The molecule has 1 aromatic carbocycles. The van der Waals surface area contributed by atoms with Gasteiger partial charge in [-0.25, -0.2) is 0 Å². The lowest BCUT2D eigenvalue weighted by Crippen LogP contribution is -1.94. The second-order valence-electron chi connectivity index (χ2n) is 2.90. The van der Waals surface area contributed by atoms with Crippen molar-refractivity contribution < 1.29 is 9.90 Å². The minimum atomic E-state index is -0.122. The number of hydrogen-bond donors (Lipinski definition) is 1. The summed E-state index contributed by atoms with van der Waals surface area (Å²) >= 11 is 0. The summed E-state index contributed by atoms with van der Waals surface area (Å²) in [7, 11) is 0. The van der Waals surface area contributed by atoms with Crippen LogP contribution in [-0.2, 0) is 6.42 Å². The summed E-state index contributed by atoms with van der Waals surface area (Å²) < 4.78 is 0. The van der Waals surface area contributed by atoms with Gasteiger partial charge in [-0.05, 0) is 31.0 Å². The Bertz CT molecular complexity index is 340. The van der Waals surface area contributed by atoms with E-state index in [1.807, 2.05) is 0 Å². The van der Waals surface area contributed by atoms with Crippen molar-refractivity contribution in [2.45, 2.75) is 13.3 Å². The number of benzene rings is 1. The van der Waals surface area contributed by atoms with E-state index in [1.54, 1.807) is 18.2 Å². The molecule has 2 heteroatoms. The highest BCUT2D eigenvalue weighted by molar-refractivity contribution is 5.96. The maximum atomic E-state index is 11.0. The highest BCUT2D eigenvalue weighted by Gasteiger charge is 2.06. The molecule has 13 heavy (non-hydrogen) atoms. The van der Waals surface area contributed by atoms with E-state index in [0.717, 1.165) is 5.56 Å². The Morgan fingerprint density at radius 3 is 2.85 bits per heavy atom. The van der Waals surface area contributed by atoms with Crippen LogP contribution >= 0.6 is 0 Å². The molecule has 0 radical (unpaired) electrons. The Morgan fingerprint density at radius 1 is 1.62 bits per heavy atom. The van der Waals surface area contributed by atoms with E-state index in [1.165, 1.54) is 13.0 Å². The molecule has 0 aliphatic heterocycles. The summed E-state index contributed by atoms with van der Waals surface area (Å²) in [4.78, 5) is 11.0. The van der Waals surface area contributed by atoms with Gasteiger partial charge < -0.3 is 5.11 Å². The summed E-state index contributed by atoms with van der Waals surface area (Å²) in [5, 5.41) is 9.33. The van der Waals surface area contributed by atoms with Gasteiger partial charge in [0.25, 0.3) is 0 Å². The van der Waals surface area contributed by atoms with Crippen molar-refractivity contribution in [2.24, 2.45) is 0 Å². The molecular weight excluding hydrogens is 164 g/mol. The fourth-order valence-electron chi connectivity index (χ4n) is 1.16. The van der Waals surface area contributed by atoms with Crippen molar-refractivity contribution in [1.29, 1.82) is 0 Å². The third kappa shape index (κ3) is 2.18. The quantitative estimate of drug-likeness (QED) is 0.567. The van der Waals surface area contributed by atoms with Crippen LogP contribution in [0.15, 0.2) is 30.9 Å². The van der Waals surface area contributed by atoms with Crippen LogP contribution < -0.4 is 0 Å². The average molecular weight is 176 g/mol. The van der Waals surface area contributed by atoms with Gasteiger partial charge in [0.2, 0.25) is 0 Å². The number of ketones is 1. The fraction of sp³-hybridized carbons (Fsp3) is 0.182. The molecule has 0 amide bonds. The summed E-state index contributed by atoms with van der Waals surface area (Å²) in [5.74, 6) is -0.0799. The van der Waals surface area contributed by atoms with Crippen molar-refractivity contribution in [3.05, 3.63) is 42.0 Å². The van der Waals surface area contributed by atoms with E-state index in [9.17, 15) is 9.90 Å². The normalized spacial score (nSPS) is 9.62. The van der Waals surface area contributed by atoms with Crippen LogP contribution in [-0.4, -0.2) is 10.9 Å². The SMILES string of the molecule is C=CCc1ccc(O)c(C(C)=O)c1. The number of carbonyl (C=O) groups is 1. The molecule has 1 aromatic rings. The molecule has 1 N–H and O–H groups in total. The van der Waals surface area contributed by atoms with E-state index in [0.29, 0.717) is 12.0 Å². The Morgan fingerprint density at radius 2 is 2.31 bits per heavy atom. The van der Waals surface area contributed by atoms with Gasteiger partial charge in [-0.1, -0.05) is 12.1 Å². The number of aromatic hydroxyl groups is 1. The molecular formula is C11H12O2. The Labute approximate surface area is 77.5 Å². The first kappa shape index (κ1) is 9.52. The van der Waals surface area contributed by atoms with Crippen LogP contribution in [0.5, 0.6) is 5.75 Å². The first-order chi connectivity index (χ1) is 6.15. The summed E-state index contributed by atoms with van der Waals surface area (Å²) in [5.41, 5.74) is 1.36. The minimum Gasteiger partial charge on any atom is -0.507 e. The zero-order valence-electron chi connectivity index (χ0n) is 7.58. The van der Waals surface area contributed by atoms with Gasteiger partial charge in [-0.2, -0.15) is 0 Å². The second kappa shape index (κ2) is 3.90. The van der Waals surface area contributed by atoms with Crippen LogP contribution in [0.4, 0.5) is 0 Å². The molecule has 1 rings (SSSR count). The number of rotatable bonds is 3. The van der Waals surface area contributed by atoms with Gasteiger partial charge in [-0.3, -0.25) is 4.79 Å². The molecule has 0 aliphatic rings. The second-order valence-corrected chi connectivity index (χ2v) is 2.90. The molecule has 0 spiro atoms. The Balaban J connectivity index is 3.10. The number of phenols is 1. The van der Waals surface area contributed by atoms with E-state index < -0.39 is 0 Å². The molecule has 0 aromatic heterocycles. The van der Waals surface area contributed by atoms with Gasteiger partial charge in [0.05, 0.1) is 5.56 Å².